The van der Waals surface area contributed by atoms with Gasteiger partial charge in [-0.05, 0) is 41.3 Å². The molecule has 3 aromatic carbocycles. The number of halogens is 2. The normalized spacial score (nSPS) is 10.9. The minimum absolute atomic E-state index is 0.194. The molecule has 0 saturated heterocycles. The van der Waals surface area contributed by atoms with Crippen molar-refractivity contribution < 1.29 is 18.3 Å². The highest BCUT2D eigenvalue weighted by Crippen LogP contribution is 2.30. The zero-order valence-corrected chi connectivity index (χ0v) is 19.2. The third-order valence-corrected chi connectivity index (χ3v) is 5.90. The van der Waals surface area contributed by atoms with Crippen LogP contribution >= 0.6 is 0 Å². The molecule has 5 nitrogen and oxygen atoms in total. The van der Waals surface area contributed by atoms with Crippen LogP contribution in [-0.4, -0.2) is 15.3 Å². The average molecular weight is 482 g/mol. The van der Waals surface area contributed by atoms with E-state index < -0.39 is 17.5 Å². The Balaban J connectivity index is 1.54. The van der Waals surface area contributed by atoms with Crippen molar-refractivity contribution in [1.82, 2.24) is 9.38 Å². The van der Waals surface area contributed by atoms with Crippen LogP contribution in [0.3, 0.4) is 0 Å². The first-order chi connectivity index (χ1) is 17.5. The number of rotatable bonds is 7. The van der Waals surface area contributed by atoms with Crippen molar-refractivity contribution in [2.45, 2.75) is 6.61 Å². The van der Waals surface area contributed by atoms with E-state index in [1.165, 1.54) is 24.3 Å². The molecule has 0 bridgehead atoms. The number of fused-ring (bicyclic) bond motifs is 2. The third-order valence-electron chi connectivity index (χ3n) is 5.90. The van der Waals surface area contributed by atoms with Gasteiger partial charge in [0.1, 0.15) is 23.9 Å². The molecule has 5 rings (SSSR count). The summed E-state index contributed by atoms with van der Waals surface area (Å²) >= 11 is 0. The van der Waals surface area contributed by atoms with Gasteiger partial charge in [0.15, 0.2) is 11.4 Å². The van der Waals surface area contributed by atoms with Crippen LogP contribution in [0.15, 0.2) is 86.1 Å². The van der Waals surface area contributed by atoms with Crippen LogP contribution in [0.25, 0.3) is 28.6 Å². The zero-order chi connectivity index (χ0) is 25.2. The Morgan fingerprint density at radius 2 is 1.75 bits per heavy atom. The van der Waals surface area contributed by atoms with E-state index in [0.29, 0.717) is 17.0 Å². The topological polar surface area (TPSA) is 55.6 Å². The van der Waals surface area contributed by atoms with Crippen LogP contribution < -0.4 is 10.1 Å². The van der Waals surface area contributed by atoms with Crippen LogP contribution in [-0.2, 0) is 6.61 Å². The number of ether oxygens (including phenoxy) is 1. The summed E-state index contributed by atoms with van der Waals surface area (Å²) in [6.45, 7) is 7.32. The summed E-state index contributed by atoms with van der Waals surface area (Å²) in [5.41, 5.74) is 2.09. The number of carbonyl (C=O) groups excluding carboxylic acids is 1. The predicted molar refractivity (Wildman–Crippen MR) is 138 cm³/mol. The van der Waals surface area contributed by atoms with E-state index >= 15 is 0 Å². The summed E-state index contributed by atoms with van der Waals surface area (Å²) < 4.78 is 35.4. The molecule has 2 aromatic heterocycles. The number of anilines is 1. The van der Waals surface area contributed by atoms with Crippen molar-refractivity contribution in [3.05, 3.63) is 120 Å². The number of carbonyl (C=O) groups is 1. The zero-order valence-electron chi connectivity index (χ0n) is 19.2. The second-order valence-electron chi connectivity index (χ2n) is 8.01. The van der Waals surface area contributed by atoms with Gasteiger partial charge >= 0.3 is 0 Å². The molecule has 0 aliphatic rings. The molecule has 0 aliphatic heterocycles. The number of amides is 1. The predicted octanol–water partition coefficient (Wildman–Crippen LogP) is 6.88. The van der Waals surface area contributed by atoms with E-state index in [-0.39, 0.29) is 23.6 Å². The van der Waals surface area contributed by atoms with E-state index in [2.05, 4.69) is 23.5 Å². The highest BCUT2D eigenvalue weighted by Gasteiger charge is 2.22. The van der Waals surface area contributed by atoms with E-state index in [1.807, 2.05) is 36.4 Å². The van der Waals surface area contributed by atoms with Gasteiger partial charge in [-0.15, -0.1) is 0 Å². The van der Waals surface area contributed by atoms with Gasteiger partial charge in [-0.3, -0.25) is 9.20 Å². The van der Waals surface area contributed by atoms with E-state index in [4.69, 9.17) is 4.74 Å². The Hall–Kier alpha value is -4.78. The van der Waals surface area contributed by atoms with Gasteiger partial charge in [0.05, 0.1) is 16.9 Å². The first-order valence-corrected chi connectivity index (χ1v) is 11.2. The van der Waals surface area contributed by atoms with Crippen molar-refractivity contribution >= 4 is 40.2 Å². The Kier molecular flexibility index (Phi) is 6.04. The fourth-order valence-electron chi connectivity index (χ4n) is 4.13. The summed E-state index contributed by atoms with van der Waals surface area (Å²) in [6, 6.07) is 18.5. The Morgan fingerprint density at radius 1 is 0.972 bits per heavy atom. The van der Waals surface area contributed by atoms with Gasteiger partial charge in [0, 0.05) is 11.6 Å². The molecule has 7 heteroatoms. The fourth-order valence-corrected chi connectivity index (χ4v) is 4.13. The first kappa shape index (κ1) is 23.0. The summed E-state index contributed by atoms with van der Waals surface area (Å²) in [5.74, 6) is -1.55. The molecule has 0 atom stereocenters. The third kappa shape index (κ3) is 4.01. The van der Waals surface area contributed by atoms with Crippen LogP contribution in [0.4, 0.5) is 14.5 Å². The van der Waals surface area contributed by atoms with Gasteiger partial charge in [-0.1, -0.05) is 61.7 Å². The molecule has 1 N–H and O–H groups in total. The lowest BCUT2D eigenvalue weighted by Gasteiger charge is -2.13. The van der Waals surface area contributed by atoms with Crippen molar-refractivity contribution in [2.75, 3.05) is 5.32 Å². The van der Waals surface area contributed by atoms with Crippen LogP contribution in [0.1, 0.15) is 27.3 Å². The van der Waals surface area contributed by atoms with Gasteiger partial charge in [0.2, 0.25) is 0 Å². The number of hydrogen-bond acceptors (Lipinski definition) is 3. The molecule has 0 fully saturated rings. The second-order valence-corrected chi connectivity index (χ2v) is 8.01. The maximum Gasteiger partial charge on any atom is 0.274 e. The quantitative estimate of drug-likeness (QED) is 0.276. The summed E-state index contributed by atoms with van der Waals surface area (Å²) in [5, 5.41) is 4.84. The molecule has 0 saturated carbocycles. The fraction of sp³-hybridized carbons (Fsp3) is 0.0345. The van der Waals surface area contributed by atoms with Crippen LogP contribution in [0, 0.1) is 11.6 Å². The summed E-state index contributed by atoms with van der Waals surface area (Å²) in [7, 11) is 0. The molecule has 5 aromatic rings. The van der Waals surface area contributed by atoms with Crippen molar-refractivity contribution in [2.24, 2.45) is 0 Å². The molecule has 0 aliphatic carbocycles. The number of nitrogens with zero attached hydrogens (tertiary/aromatic N) is 2. The Morgan fingerprint density at radius 3 is 2.50 bits per heavy atom. The smallest absolute Gasteiger partial charge is 0.274 e. The summed E-state index contributed by atoms with van der Waals surface area (Å²) in [6.07, 6.45) is 4.82. The van der Waals surface area contributed by atoms with E-state index in [1.54, 1.807) is 28.8 Å². The Bertz CT molecular complexity index is 1640. The molecule has 0 unspecified atom stereocenters. The number of aromatic nitrogens is 2. The number of pyridine rings is 1. The van der Waals surface area contributed by atoms with E-state index in [0.717, 1.165) is 16.3 Å². The maximum atomic E-state index is 14.1. The van der Waals surface area contributed by atoms with Crippen LogP contribution in [0.2, 0.25) is 0 Å². The van der Waals surface area contributed by atoms with Crippen molar-refractivity contribution in [3.8, 4) is 5.75 Å². The molecule has 36 heavy (non-hydrogen) atoms. The standard InChI is InChI=1S/C29H21F2N3O2/c1-3-18-14-15-19-9-5-6-10-20(19)26(18)33-29(35)27-24(4-2)32-28-25(13-8-16-34(27)28)36-17-21-22(30)11-7-12-23(21)31/h3-16H,1-2,17H2,(H,33,35). The van der Waals surface area contributed by atoms with E-state index in [9.17, 15) is 13.6 Å². The lowest BCUT2D eigenvalue weighted by Crippen LogP contribution is -2.16. The second kappa shape index (κ2) is 9.46. The highest BCUT2D eigenvalue weighted by atomic mass is 19.1. The lowest BCUT2D eigenvalue weighted by molar-refractivity contribution is 0.102. The minimum atomic E-state index is -0.703. The van der Waals surface area contributed by atoms with Crippen molar-refractivity contribution in [3.63, 3.8) is 0 Å². The lowest BCUT2D eigenvalue weighted by atomic mass is 10.0. The highest BCUT2D eigenvalue weighted by molar-refractivity contribution is 6.11. The SMILES string of the molecule is C=Cc1ccc2ccccc2c1NC(=O)c1c(C=C)nc2c(OCc3c(F)cccc3F)cccn12. The minimum Gasteiger partial charge on any atom is -0.485 e. The number of benzene rings is 3. The first-order valence-electron chi connectivity index (χ1n) is 11.2. The van der Waals surface area contributed by atoms with Crippen LogP contribution in [0.5, 0.6) is 5.75 Å². The largest absolute Gasteiger partial charge is 0.485 e. The molecule has 2 heterocycles. The molecule has 0 radical (unpaired) electrons. The van der Waals surface area contributed by atoms with Gasteiger partial charge in [-0.2, -0.15) is 0 Å². The van der Waals surface area contributed by atoms with Crippen molar-refractivity contribution in [1.29, 1.82) is 0 Å². The molecule has 178 valence electrons. The van der Waals surface area contributed by atoms with Gasteiger partial charge < -0.3 is 10.1 Å². The number of nitrogens with one attached hydrogen (secondary N) is 1. The molecule has 1 amide bonds. The maximum absolute atomic E-state index is 14.1. The molecular weight excluding hydrogens is 460 g/mol. The molecular formula is C29H21F2N3O2. The van der Waals surface area contributed by atoms with Gasteiger partial charge in [0.25, 0.3) is 5.91 Å². The monoisotopic (exact) mass is 481 g/mol. The number of hydrogen-bond donors (Lipinski definition) is 1. The average Bonchev–Trinajstić information content (AvgIpc) is 3.28. The Labute approximate surface area is 206 Å². The van der Waals surface area contributed by atoms with Gasteiger partial charge in [-0.25, -0.2) is 13.8 Å². The number of imidazole rings is 1. The summed E-state index contributed by atoms with van der Waals surface area (Å²) in [4.78, 5) is 18.1. The molecule has 0 spiro atoms.